The second-order valence-corrected chi connectivity index (χ2v) is 5.64. The van der Waals surface area contributed by atoms with Crippen LogP contribution in [0.15, 0.2) is 36.4 Å². The summed E-state index contributed by atoms with van der Waals surface area (Å²) in [7, 11) is 1.90. The van der Waals surface area contributed by atoms with Crippen molar-refractivity contribution in [3.63, 3.8) is 0 Å². The first-order valence-electron chi connectivity index (χ1n) is 6.61. The van der Waals surface area contributed by atoms with E-state index in [1.165, 1.54) is 5.56 Å². The Morgan fingerprint density at radius 1 is 1.10 bits per heavy atom. The Morgan fingerprint density at radius 2 is 1.76 bits per heavy atom. The van der Waals surface area contributed by atoms with Crippen molar-refractivity contribution < 1.29 is 4.74 Å². The minimum absolute atomic E-state index is 0. The van der Waals surface area contributed by atoms with Crippen LogP contribution in [0.25, 0.3) is 11.1 Å². The Kier molecular flexibility index (Phi) is 5.39. The molecule has 0 unspecified atom stereocenters. The molecule has 0 radical (unpaired) electrons. The van der Waals surface area contributed by atoms with E-state index in [9.17, 15) is 0 Å². The Morgan fingerprint density at radius 3 is 2.43 bits per heavy atom. The number of rotatable bonds is 2. The first kappa shape index (κ1) is 16.4. The van der Waals surface area contributed by atoms with E-state index in [1.54, 1.807) is 0 Å². The SMILES string of the molecule is CN[C@H]1CCc2cccc(-c3c(Cl)cccc3Cl)c2O1.Cl. The first-order chi connectivity index (χ1) is 9.70. The molecule has 2 aromatic rings. The van der Waals surface area contributed by atoms with Crippen LogP contribution in [-0.2, 0) is 6.42 Å². The molecule has 1 N–H and O–H groups in total. The van der Waals surface area contributed by atoms with Crippen molar-refractivity contribution in [2.24, 2.45) is 0 Å². The average Bonchev–Trinajstić information content (AvgIpc) is 2.47. The highest BCUT2D eigenvalue weighted by molar-refractivity contribution is 6.39. The van der Waals surface area contributed by atoms with Gasteiger partial charge in [-0.2, -0.15) is 0 Å². The van der Waals surface area contributed by atoms with Crippen LogP contribution in [0.5, 0.6) is 5.75 Å². The molecule has 0 saturated carbocycles. The fourth-order valence-electron chi connectivity index (χ4n) is 2.56. The van der Waals surface area contributed by atoms with Crippen molar-refractivity contribution in [1.29, 1.82) is 0 Å². The summed E-state index contributed by atoms with van der Waals surface area (Å²) >= 11 is 12.6. The predicted molar refractivity (Wildman–Crippen MR) is 90.9 cm³/mol. The molecule has 2 nitrogen and oxygen atoms in total. The van der Waals surface area contributed by atoms with E-state index in [2.05, 4.69) is 11.4 Å². The predicted octanol–water partition coefficient (Wildman–Crippen LogP) is 4.95. The standard InChI is InChI=1S/C16H15Cl2NO.ClH/c1-19-14-9-8-10-4-2-5-11(16(10)20-14)15-12(17)6-3-7-13(15)18;/h2-7,14,19H,8-9H2,1H3;1H/t14-;/m1./s1. The van der Waals surface area contributed by atoms with E-state index in [-0.39, 0.29) is 18.6 Å². The van der Waals surface area contributed by atoms with Gasteiger partial charge in [-0.15, -0.1) is 12.4 Å². The number of ether oxygens (including phenoxy) is 1. The molecular formula is C16H16Cl3NO. The molecule has 112 valence electrons. The smallest absolute Gasteiger partial charge is 0.150 e. The number of fused-ring (bicyclic) bond motifs is 1. The molecule has 1 aliphatic heterocycles. The second kappa shape index (κ2) is 6.89. The van der Waals surface area contributed by atoms with Gasteiger partial charge in [0.2, 0.25) is 0 Å². The number of halogens is 3. The van der Waals surface area contributed by atoms with Crippen molar-refractivity contribution in [2.45, 2.75) is 19.1 Å². The van der Waals surface area contributed by atoms with Gasteiger partial charge in [-0.3, -0.25) is 5.32 Å². The normalized spacial score (nSPS) is 16.6. The van der Waals surface area contributed by atoms with Gasteiger partial charge in [0.15, 0.2) is 0 Å². The second-order valence-electron chi connectivity index (χ2n) is 4.82. The summed E-state index contributed by atoms with van der Waals surface area (Å²) < 4.78 is 6.05. The molecule has 0 aromatic heterocycles. The summed E-state index contributed by atoms with van der Waals surface area (Å²) in [5.41, 5.74) is 2.99. The number of hydrogen-bond donors (Lipinski definition) is 1. The minimum atomic E-state index is 0. The van der Waals surface area contributed by atoms with Crippen LogP contribution < -0.4 is 10.1 Å². The molecule has 21 heavy (non-hydrogen) atoms. The Balaban J connectivity index is 0.00000161. The highest BCUT2D eigenvalue weighted by atomic mass is 35.5. The lowest BCUT2D eigenvalue weighted by molar-refractivity contribution is 0.148. The molecule has 0 amide bonds. The maximum absolute atomic E-state index is 6.32. The van der Waals surface area contributed by atoms with Gasteiger partial charge in [-0.1, -0.05) is 47.5 Å². The zero-order chi connectivity index (χ0) is 14.1. The van der Waals surface area contributed by atoms with Gasteiger partial charge in [-0.05, 0) is 31.2 Å². The Labute approximate surface area is 140 Å². The maximum atomic E-state index is 6.32. The third kappa shape index (κ3) is 3.14. The number of para-hydroxylation sites is 1. The lowest BCUT2D eigenvalue weighted by Crippen LogP contribution is -2.34. The highest BCUT2D eigenvalue weighted by Gasteiger charge is 2.23. The minimum Gasteiger partial charge on any atom is -0.474 e. The summed E-state index contributed by atoms with van der Waals surface area (Å²) in [4.78, 5) is 0. The van der Waals surface area contributed by atoms with Crippen LogP contribution in [0.1, 0.15) is 12.0 Å². The van der Waals surface area contributed by atoms with Crippen LogP contribution in [0.3, 0.4) is 0 Å². The molecule has 0 aliphatic carbocycles. The largest absolute Gasteiger partial charge is 0.474 e. The van der Waals surface area contributed by atoms with Gasteiger partial charge in [0, 0.05) is 17.5 Å². The number of aryl methyl sites for hydroxylation is 1. The van der Waals surface area contributed by atoms with Crippen LogP contribution >= 0.6 is 35.6 Å². The zero-order valence-corrected chi connectivity index (χ0v) is 13.9. The topological polar surface area (TPSA) is 21.3 Å². The van der Waals surface area contributed by atoms with Crippen LogP contribution in [-0.4, -0.2) is 13.3 Å². The summed E-state index contributed by atoms with van der Waals surface area (Å²) in [5.74, 6) is 0.883. The van der Waals surface area contributed by atoms with E-state index in [0.29, 0.717) is 10.0 Å². The van der Waals surface area contributed by atoms with E-state index in [1.807, 2.05) is 37.4 Å². The monoisotopic (exact) mass is 343 g/mol. The molecule has 1 atom stereocenters. The first-order valence-corrected chi connectivity index (χ1v) is 7.36. The highest BCUT2D eigenvalue weighted by Crippen LogP contribution is 2.43. The Hall–Kier alpha value is -0.930. The molecule has 0 spiro atoms. The summed E-state index contributed by atoms with van der Waals surface area (Å²) in [6.45, 7) is 0. The van der Waals surface area contributed by atoms with Gasteiger partial charge in [0.25, 0.3) is 0 Å². The van der Waals surface area contributed by atoms with E-state index in [4.69, 9.17) is 27.9 Å². The molecule has 0 saturated heterocycles. The summed E-state index contributed by atoms with van der Waals surface area (Å²) in [6, 6.07) is 11.7. The van der Waals surface area contributed by atoms with Crippen molar-refractivity contribution in [3.8, 4) is 16.9 Å². The van der Waals surface area contributed by atoms with Gasteiger partial charge in [0.1, 0.15) is 12.0 Å². The fraction of sp³-hybridized carbons (Fsp3) is 0.250. The van der Waals surface area contributed by atoms with E-state index in [0.717, 1.165) is 29.7 Å². The molecule has 0 fully saturated rings. The molecule has 1 heterocycles. The van der Waals surface area contributed by atoms with E-state index >= 15 is 0 Å². The number of nitrogens with one attached hydrogen (secondary N) is 1. The van der Waals surface area contributed by atoms with Crippen LogP contribution in [0, 0.1) is 0 Å². The number of hydrogen-bond acceptors (Lipinski definition) is 2. The molecule has 2 aromatic carbocycles. The quantitative estimate of drug-likeness (QED) is 0.832. The molecule has 5 heteroatoms. The third-order valence-electron chi connectivity index (χ3n) is 3.59. The molecule has 0 bridgehead atoms. The zero-order valence-electron chi connectivity index (χ0n) is 11.5. The van der Waals surface area contributed by atoms with Gasteiger partial charge in [0.05, 0.1) is 10.0 Å². The maximum Gasteiger partial charge on any atom is 0.150 e. The van der Waals surface area contributed by atoms with Gasteiger partial charge >= 0.3 is 0 Å². The van der Waals surface area contributed by atoms with Crippen molar-refractivity contribution in [3.05, 3.63) is 52.0 Å². The van der Waals surface area contributed by atoms with Gasteiger partial charge < -0.3 is 4.74 Å². The summed E-state index contributed by atoms with van der Waals surface area (Å²) in [6.07, 6.45) is 1.98. The lowest BCUT2D eigenvalue weighted by atomic mass is 9.97. The Bertz CT molecular complexity index is 625. The number of benzene rings is 2. The van der Waals surface area contributed by atoms with Crippen molar-refractivity contribution in [2.75, 3.05) is 7.05 Å². The molecule has 3 rings (SSSR count). The van der Waals surface area contributed by atoms with Crippen molar-refractivity contribution >= 4 is 35.6 Å². The van der Waals surface area contributed by atoms with Crippen LogP contribution in [0.2, 0.25) is 10.0 Å². The summed E-state index contributed by atoms with van der Waals surface area (Å²) in [5, 5.41) is 4.44. The van der Waals surface area contributed by atoms with E-state index < -0.39 is 0 Å². The molecular weight excluding hydrogens is 329 g/mol. The lowest BCUT2D eigenvalue weighted by Gasteiger charge is -2.28. The molecule has 1 aliphatic rings. The fourth-order valence-corrected chi connectivity index (χ4v) is 3.16. The third-order valence-corrected chi connectivity index (χ3v) is 4.22. The van der Waals surface area contributed by atoms with Crippen LogP contribution in [0.4, 0.5) is 0 Å². The average molecular weight is 345 g/mol. The van der Waals surface area contributed by atoms with Gasteiger partial charge in [-0.25, -0.2) is 0 Å². The van der Waals surface area contributed by atoms with Crippen molar-refractivity contribution in [1.82, 2.24) is 5.32 Å².